The Morgan fingerprint density at radius 2 is 1.77 bits per heavy atom. The van der Waals surface area contributed by atoms with Crippen LogP contribution in [-0.2, 0) is 6.54 Å². The van der Waals surface area contributed by atoms with Gasteiger partial charge >= 0.3 is 0 Å². The molecule has 2 heteroatoms. The van der Waals surface area contributed by atoms with Gasteiger partial charge in [-0.25, -0.2) is 0 Å². The van der Waals surface area contributed by atoms with Gasteiger partial charge in [0.2, 0.25) is 0 Å². The average Bonchev–Trinajstić information content (AvgIpc) is 2.51. The van der Waals surface area contributed by atoms with Gasteiger partial charge in [-0.15, -0.1) is 0 Å². The van der Waals surface area contributed by atoms with Gasteiger partial charge in [0.05, 0.1) is 6.61 Å². The van der Waals surface area contributed by atoms with Gasteiger partial charge in [0, 0.05) is 18.2 Å². The van der Waals surface area contributed by atoms with Crippen molar-refractivity contribution in [2.75, 3.05) is 6.61 Å². The van der Waals surface area contributed by atoms with E-state index in [2.05, 4.69) is 75.5 Å². The molecule has 0 spiro atoms. The molecule has 2 nitrogen and oxygen atoms in total. The first-order valence-corrected chi connectivity index (χ1v) is 8.07. The highest BCUT2D eigenvalue weighted by atomic mass is 16.5. The van der Waals surface area contributed by atoms with Crippen LogP contribution in [0.25, 0.3) is 0 Å². The van der Waals surface area contributed by atoms with E-state index in [0.717, 1.165) is 18.9 Å². The highest BCUT2D eigenvalue weighted by Crippen LogP contribution is 2.25. The van der Waals surface area contributed by atoms with Gasteiger partial charge in [-0.1, -0.05) is 61.9 Å². The summed E-state index contributed by atoms with van der Waals surface area (Å²) in [6.07, 6.45) is 0. The third-order valence-corrected chi connectivity index (χ3v) is 3.65. The lowest BCUT2D eigenvalue weighted by Crippen LogP contribution is -2.19. The van der Waals surface area contributed by atoms with E-state index < -0.39 is 0 Å². The van der Waals surface area contributed by atoms with E-state index >= 15 is 0 Å². The third kappa shape index (κ3) is 4.88. The van der Waals surface area contributed by atoms with Crippen molar-refractivity contribution >= 4 is 0 Å². The van der Waals surface area contributed by atoms with Crippen LogP contribution in [0.15, 0.2) is 48.5 Å². The SMILES string of the molecule is Cc1cccc(CNC(C)c2ccccc2OCC(C)C)c1. The molecule has 0 aromatic heterocycles. The summed E-state index contributed by atoms with van der Waals surface area (Å²) in [6.45, 7) is 10.3. The molecule has 0 aliphatic rings. The number of hydrogen-bond acceptors (Lipinski definition) is 2. The smallest absolute Gasteiger partial charge is 0.124 e. The van der Waals surface area contributed by atoms with Crippen LogP contribution in [0.1, 0.15) is 43.5 Å². The summed E-state index contributed by atoms with van der Waals surface area (Å²) in [5.74, 6) is 1.52. The number of rotatable bonds is 7. The maximum absolute atomic E-state index is 5.95. The molecule has 0 amide bonds. The van der Waals surface area contributed by atoms with Crippen molar-refractivity contribution in [3.63, 3.8) is 0 Å². The zero-order valence-electron chi connectivity index (χ0n) is 14.1. The van der Waals surface area contributed by atoms with Gasteiger partial charge in [0.25, 0.3) is 0 Å². The number of aryl methyl sites for hydroxylation is 1. The normalized spacial score (nSPS) is 12.4. The summed E-state index contributed by atoms with van der Waals surface area (Å²) >= 11 is 0. The Balaban J connectivity index is 2.01. The highest BCUT2D eigenvalue weighted by molar-refractivity contribution is 5.35. The minimum atomic E-state index is 0.254. The van der Waals surface area contributed by atoms with Crippen molar-refractivity contribution in [3.05, 3.63) is 65.2 Å². The maximum atomic E-state index is 5.95. The van der Waals surface area contributed by atoms with Crippen LogP contribution in [0, 0.1) is 12.8 Å². The summed E-state index contributed by atoms with van der Waals surface area (Å²) in [5.41, 5.74) is 3.83. The Bertz CT molecular complexity index is 592. The molecule has 0 aliphatic carbocycles. The summed E-state index contributed by atoms with van der Waals surface area (Å²) in [5, 5.41) is 3.59. The Labute approximate surface area is 134 Å². The molecule has 0 saturated heterocycles. The number of hydrogen-bond donors (Lipinski definition) is 1. The molecule has 0 saturated carbocycles. The van der Waals surface area contributed by atoms with Gasteiger partial charge in [-0.3, -0.25) is 0 Å². The molecule has 0 aliphatic heterocycles. The van der Waals surface area contributed by atoms with Crippen LogP contribution in [0.2, 0.25) is 0 Å². The van der Waals surface area contributed by atoms with Crippen molar-refractivity contribution in [2.24, 2.45) is 5.92 Å². The molecule has 0 fully saturated rings. The monoisotopic (exact) mass is 297 g/mol. The molecule has 22 heavy (non-hydrogen) atoms. The Morgan fingerprint density at radius 1 is 1.00 bits per heavy atom. The second-order valence-corrected chi connectivity index (χ2v) is 6.33. The molecule has 2 aromatic carbocycles. The summed E-state index contributed by atoms with van der Waals surface area (Å²) < 4.78 is 5.95. The fourth-order valence-electron chi connectivity index (χ4n) is 2.43. The third-order valence-electron chi connectivity index (χ3n) is 3.65. The van der Waals surface area contributed by atoms with Crippen molar-refractivity contribution in [2.45, 2.75) is 40.3 Å². The minimum absolute atomic E-state index is 0.254. The quantitative estimate of drug-likeness (QED) is 0.786. The van der Waals surface area contributed by atoms with Crippen molar-refractivity contribution in [3.8, 4) is 5.75 Å². The molecule has 1 atom stereocenters. The molecule has 118 valence electrons. The van der Waals surface area contributed by atoms with Crippen LogP contribution in [0.3, 0.4) is 0 Å². The molecule has 0 radical (unpaired) electrons. The van der Waals surface area contributed by atoms with Crippen LogP contribution in [0.4, 0.5) is 0 Å². The topological polar surface area (TPSA) is 21.3 Å². The fraction of sp³-hybridized carbons (Fsp3) is 0.400. The van der Waals surface area contributed by atoms with Crippen molar-refractivity contribution < 1.29 is 4.74 Å². The van der Waals surface area contributed by atoms with Gasteiger partial charge in [0.1, 0.15) is 5.75 Å². The standard InChI is InChI=1S/C20H27NO/c1-15(2)14-22-20-11-6-5-10-19(20)17(4)21-13-18-9-7-8-16(3)12-18/h5-12,15,17,21H,13-14H2,1-4H3. The number of para-hydroxylation sites is 1. The summed E-state index contributed by atoms with van der Waals surface area (Å²) in [4.78, 5) is 0. The molecule has 1 N–H and O–H groups in total. The van der Waals surface area contributed by atoms with Crippen LogP contribution >= 0.6 is 0 Å². The average molecular weight is 297 g/mol. The summed E-state index contributed by atoms with van der Waals surface area (Å²) in [6, 6.07) is 17.2. The molecule has 0 heterocycles. The lowest BCUT2D eigenvalue weighted by atomic mass is 10.1. The van der Waals surface area contributed by atoms with Gasteiger partial charge in [0.15, 0.2) is 0 Å². The Morgan fingerprint density at radius 3 is 2.50 bits per heavy atom. The fourth-order valence-corrected chi connectivity index (χ4v) is 2.43. The van der Waals surface area contributed by atoms with Gasteiger partial charge < -0.3 is 10.1 Å². The van der Waals surface area contributed by atoms with E-state index in [0.29, 0.717) is 5.92 Å². The van der Waals surface area contributed by atoms with Crippen LogP contribution < -0.4 is 10.1 Å². The van der Waals surface area contributed by atoms with Crippen LogP contribution in [0.5, 0.6) is 5.75 Å². The first-order valence-electron chi connectivity index (χ1n) is 8.07. The molecule has 2 rings (SSSR count). The first-order chi connectivity index (χ1) is 10.6. The number of nitrogens with one attached hydrogen (secondary N) is 1. The molecular weight excluding hydrogens is 270 g/mol. The van der Waals surface area contributed by atoms with Gasteiger partial charge in [-0.2, -0.15) is 0 Å². The zero-order chi connectivity index (χ0) is 15.9. The largest absolute Gasteiger partial charge is 0.493 e. The minimum Gasteiger partial charge on any atom is -0.493 e. The van der Waals surface area contributed by atoms with Crippen molar-refractivity contribution in [1.82, 2.24) is 5.32 Å². The number of ether oxygens (including phenoxy) is 1. The van der Waals surface area contributed by atoms with E-state index in [1.54, 1.807) is 0 Å². The zero-order valence-corrected chi connectivity index (χ0v) is 14.1. The Kier molecular flexibility index (Phi) is 6.02. The van der Waals surface area contributed by atoms with E-state index in [-0.39, 0.29) is 6.04 Å². The van der Waals surface area contributed by atoms with E-state index in [1.807, 2.05) is 6.07 Å². The van der Waals surface area contributed by atoms with Gasteiger partial charge in [-0.05, 0) is 31.4 Å². The second kappa shape index (κ2) is 8.00. The maximum Gasteiger partial charge on any atom is 0.124 e. The van der Waals surface area contributed by atoms with E-state index in [1.165, 1.54) is 16.7 Å². The predicted octanol–water partition coefficient (Wildman–Crippen LogP) is 4.88. The lowest BCUT2D eigenvalue weighted by molar-refractivity contribution is 0.266. The van der Waals surface area contributed by atoms with Crippen LogP contribution in [-0.4, -0.2) is 6.61 Å². The molecular formula is C20H27NO. The molecule has 0 bridgehead atoms. The lowest BCUT2D eigenvalue weighted by Gasteiger charge is -2.19. The summed E-state index contributed by atoms with van der Waals surface area (Å²) in [7, 11) is 0. The van der Waals surface area contributed by atoms with E-state index in [4.69, 9.17) is 4.74 Å². The first kappa shape index (κ1) is 16.6. The highest BCUT2D eigenvalue weighted by Gasteiger charge is 2.11. The molecule has 1 unspecified atom stereocenters. The van der Waals surface area contributed by atoms with E-state index in [9.17, 15) is 0 Å². The Hall–Kier alpha value is -1.80. The van der Waals surface area contributed by atoms with Crippen molar-refractivity contribution in [1.29, 1.82) is 0 Å². The second-order valence-electron chi connectivity index (χ2n) is 6.33. The molecule has 2 aromatic rings. The predicted molar refractivity (Wildman–Crippen MR) is 93.2 cm³/mol. The number of benzene rings is 2.